The van der Waals surface area contributed by atoms with Gasteiger partial charge in [0.25, 0.3) is 5.91 Å². The van der Waals surface area contributed by atoms with E-state index in [2.05, 4.69) is 5.32 Å². The third-order valence-electron chi connectivity index (χ3n) is 2.73. The van der Waals surface area contributed by atoms with Gasteiger partial charge in [0.15, 0.2) is 0 Å². The van der Waals surface area contributed by atoms with Gasteiger partial charge in [0.05, 0.1) is 27.1 Å². The number of thiophene rings is 1. The lowest BCUT2D eigenvalue weighted by atomic mass is 10.2. The molecule has 0 aliphatic heterocycles. The number of benzene rings is 1. The first-order valence-electron chi connectivity index (χ1n) is 6.58. The van der Waals surface area contributed by atoms with E-state index >= 15 is 0 Å². The van der Waals surface area contributed by atoms with E-state index in [-0.39, 0.29) is 11.5 Å². The molecule has 0 saturated carbocycles. The number of nitrogens with one attached hydrogen (secondary N) is 1. The lowest BCUT2D eigenvalue weighted by Gasteiger charge is -2.12. The molecule has 7 heteroatoms. The molecule has 0 saturated heterocycles. The van der Waals surface area contributed by atoms with Crippen LogP contribution in [0, 0.1) is 0 Å². The zero-order valence-corrected chi connectivity index (χ0v) is 13.3. The predicted molar refractivity (Wildman–Crippen MR) is 86.5 cm³/mol. The van der Waals surface area contributed by atoms with Crippen molar-refractivity contribution < 1.29 is 19.4 Å². The third-order valence-corrected chi connectivity index (χ3v) is 3.96. The molecule has 0 radical (unpaired) electrons. The van der Waals surface area contributed by atoms with Crippen molar-refractivity contribution in [3.8, 4) is 5.75 Å². The minimum absolute atomic E-state index is 0.0726. The Morgan fingerprint density at radius 1 is 1.32 bits per heavy atom. The molecule has 2 N–H and O–H groups in total. The second kappa shape index (κ2) is 7.29. The van der Waals surface area contributed by atoms with Crippen LogP contribution in [0.5, 0.6) is 5.75 Å². The molecule has 0 aliphatic carbocycles. The largest absolute Gasteiger partial charge is 0.491 e. The van der Waals surface area contributed by atoms with Crippen LogP contribution in [-0.2, 0) is 0 Å². The fourth-order valence-electron chi connectivity index (χ4n) is 1.72. The van der Waals surface area contributed by atoms with Crippen LogP contribution in [0.15, 0.2) is 30.3 Å². The minimum atomic E-state index is -1.07. The number of amides is 1. The smallest absolute Gasteiger partial charge is 0.335 e. The van der Waals surface area contributed by atoms with E-state index in [0.717, 1.165) is 17.8 Å². The normalized spacial score (nSPS) is 10.3. The van der Waals surface area contributed by atoms with Crippen LogP contribution >= 0.6 is 22.9 Å². The number of carbonyl (C=O) groups excluding carboxylic acids is 1. The topological polar surface area (TPSA) is 75.6 Å². The summed E-state index contributed by atoms with van der Waals surface area (Å²) in [7, 11) is 0. The first-order chi connectivity index (χ1) is 10.5. The van der Waals surface area contributed by atoms with Gasteiger partial charge in [0.2, 0.25) is 0 Å². The van der Waals surface area contributed by atoms with Crippen LogP contribution in [0.2, 0.25) is 4.34 Å². The first-order valence-corrected chi connectivity index (χ1v) is 7.77. The number of anilines is 1. The Hall–Kier alpha value is -2.05. The highest BCUT2D eigenvalue weighted by Crippen LogP contribution is 2.28. The van der Waals surface area contributed by atoms with Crippen molar-refractivity contribution in [3.05, 3.63) is 45.1 Å². The SMILES string of the molecule is CCCOc1ccc(C(=O)O)cc1NC(=O)c1ccc(Cl)s1. The van der Waals surface area contributed by atoms with Gasteiger partial charge in [-0.15, -0.1) is 11.3 Å². The van der Waals surface area contributed by atoms with E-state index in [0.29, 0.717) is 27.3 Å². The average molecular weight is 340 g/mol. The Kier molecular flexibility index (Phi) is 5.41. The highest BCUT2D eigenvalue weighted by atomic mass is 35.5. The summed E-state index contributed by atoms with van der Waals surface area (Å²) in [6.45, 7) is 2.43. The zero-order valence-electron chi connectivity index (χ0n) is 11.8. The van der Waals surface area contributed by atoms with Gasteiger partial charge in [0.1, 0.15) is 5.75 Å². The van der Waals surface area contributed by atoms with Crippen LogP contribution in [0.4, 0.5) is 5.69 Å². The van der Waals surface area contributed by atoms with Gasteiger partial charge in [-0.1, -0.05) is 18.5 Å². The van der Waals surface area contributed by atoms with Crippen molar-refractivity contribution in [2.45, 2.75) is 13.3 Å². The molecule has 0 aliphatic rings. The summed E-state index contributed by atoms with van der Waals surface area (Å²) in [5.74, 6) is -1.000. The van der Waals surface area contributed by atoms with Gasteiger partial charge < -0.3 is 15.2 Å². The van der Waals surface area contributed by atoms with E-state index in [1.807, 2.05) is 6.92 Å². The number of ether oxygens (including phenoxy) is 1. The minimum Gasteiger partial charge on any atom is -0.491 e. The monoisotopic (exact) mass is 339 g/mol. The van der Waals surface area contributed by atoms with E-state index in [4.69, 9.17) is 21.4 Å². The molecule has 0 atom stereocenters. The standard InChI is InChI=1S/C15H14ClNO4S/c1-2-7-21-11-4-3-9(15(19)20)8-10(11)17-14(18)12-5-6-13(16)22-12/h3-6,8H,2,7H2,1H3,(H,17,18)(H,19,20). The quantitative estimate of drug-likeness (QED) is 0.829. The number of aromatic carboxylic acids is 1. The fourth-order valence-corrected chi connectivity index (χ4v) is 2.66. The summed E-state index contributed by atoms with van der Waals surface area (Å²) in [5, 5.41) is 11.7. The highest BCUT2D eigenvalue weighted by molar-refractivity contribution is 7.18. The van der Waals surface area contributed by atoms with Gasteiger partial charge in [-0.2, -0.15) is 0 Å². The number of hydrogen-bond acceptors (Lipinski definition) is 4. The summed E-state index contributed by atoms with van der Waals surface area (Å²) in [6.07, 6.45) is 0.800. The molecule has 2 rings (SSSR count). The third kappa shape index (κ3) is 3.99. The second-order valence-corrected chi connectivity index (χ2v) is 6.14. The van der Waals surface area contributed by atoms with E-state index in [9.17, 15) is 9.59 Å². The van der Waals surface area contributed by atoms with E-state index < -0.39 is 5.97 Å². The maximum absolute atomic E-state index is 12.2. The molecule has 5 nitrogen and oxygen atoms in total. The van der Waals surface area contributed by atoms with Gasteiger partial charge >= 0.3 is 5.97 Å². The van der Waals surface area contributed by atoms with Crippen molar-refractivity contribution in [2.24, 2.45) is 0 Å². The zero-order chi connectivity index (χ0) is 16.1. The molecule has 22 heavy (non-hydrogen) atoms. The van der Waals surface area contributed by atoms with Crippen LogP contribution < -0.4 is 10.1 Å². The summed E-state index contributed by atoms with van der Waals surface area (Å²) in [4.78, 5) is 23.7. The Bertz CT molecular complexity index is 699. The van der Waals surface area contributed by atoms with Gasteiger partial charge in [-0.25, -0.2) is 4.79 Å². The number of halogens is 1. The van der Waals surface area contributed by atoms with Gasteiger partial charge in [0, 0.05) is 0 Å². The Labute approximate surface area is 136 Å². The number of hydrogen-bond donors (Lipinski definition) is 2. The molecule has 1 heterocycles. The van der Waals surface area contributed by atoms with Gasteiger partial charge in [-0.05, 0) is 36.8 Å². The van der Waals surface area contributed by atoms with Crippen LogP contribution in [0.3, 0.4) is 0 Å². The predicted octanol–water partition coefficient (Wildman–Crippen LogP) is 4.14. The summed E-state index contributed by atoms with van der Waals surface area (Å²) in [5.41, 5.74) is 0.395. The lowest BCUT2D eigenvalue weighted by Crippen LogP contribution is -2.12. The molecule has 0 spiro atoms. The molecular formula is C15H14ClNO4S. The summed E-state index contributed by atoms with van der Waals surface area (Å²) in [6, 6.07) is 7.58. The van der Waals surface area contributed by atoms with E-state index in [1.165, 1.54) is 18.2 Å². The number of carboxylic acids is 1. The number of rotatable bonds is 6. The van der Waals surface area contributed by atoms with Crippen molar-refractivity contribution >= 4 is 40.5 Å². The van der Waals surface area contributed by atoms with Crippen molar-refractivity contribution in [1.29, 1.82) is 0 Å². The molecule has 0 bridgehead atoms. The Morgan fingerprint density at radius 3 is 2.68 bits per heavy atom. The molecular weight excluding hydrogens is 326 g/mol. The van der Waals surface area contributed by atoms with Crippen molar-refractivity contribution in [1.82, 2.24) is 0 Å². The summed E-state index contributed by atoms with van der Waals surface area (Å²) < 4.78 is 6.04. The Morgan fingerprint density at radius 2 is 2.09 bits per heavy atom. The number of carboxylic acid groups (broad SMARTS) is 1. The Balaban J connectivity index is 2.27. The van der Waals surface area contributed by atoms with Crippen LogP contribution in [-0.4, -0.2) is 23.6 Å². The molecule has 1 amide bonds. The van der Waals surface area contributed by atoms with Gasteiger partial charge in [-0.3, -0.25) is 4.79 Å². The first kappa shape index (κ1) is 16.3. The van der Waals surface area contributed by atoms with Crippen molar-refractivity contribution in [3.63, 3.8) is 0 Å². The molecule has 2 aromatic rings. The van der Waals surface area contributed by atoms with Crippen LogP contribution in [0.1, 0.15) is 33.4 Å². The molecule has 1 aromatic heterocycles. The molecule has 0 unspecified atom stereocenters. The van der Waals surface area contributed by atoms with Crippen LogP contribution in [0.25, 0.3) is 0 Å². The maximum Gasteiger partial charge on any atom is 0.335 e. The maximum atomic E-state index is 12.2. The molecule has 1 aromatic carbocycles. The second-order valence-electron chi connectivity index (χ2n) is 4.42. The van der Waals surface area contributed by atoms with Crippen molar-refractivity contribution in [2.75, 3.05) is 11.9 Å². The molecule has 116 valence electrons. The van der Waals surface area contributed by atoms with E-state index in [1.54, 1.807) is 12.1 Å². The highest BCUT2D eigenvalue weighted by Gasteiger charge is 2.14. The lowest BCUT2D eigenvalue weighted by molar-refractivity contribution is 0.0696. The number of carbonyl (C=O) groups is 2. The molecule has 0 fully saturated rings. The average Bonchev–Trinajstić information content (AvgIpc) is 2.92. The fraction of sp³-hybridized carbons (Fsp3) is 0.200. The summed E-state index contributed by atoms with van der Waals surface area (Å²) >= 11 is 6.96.